The summed E-state index contributed by atoms with van der Waals surface area (Å²) in [5.41, 5.74) is -0.447. The van der Waals surface area contributed by atoms with Crippen LogP contribution in [0.5, 0.6) is 0 Å². The average Bonchev–Trinajstić information content (AvgIpc) is 2.28. The second-order valence-corrected chi connectivity index (χ2v) is 4.34. The molecule has 5 nitrogen and oxygen atoms in total. The van der Waals surface area contributed by atoms with Gasteiger partial charge in [-0.3, -0.25) is 14.6 Å². The van der Waals surface area contributed by atoms with Gasteiger partial charge in [-0.05, 0) is 25.0 Å². The lowest BCUT2D eigenvalue weighted by molar-refractivity contribution is -0.153. The minimum Gasteiger partial charge on any atom is -0.481 e. The number of carboxylic acids is 1. The Bertz CT molecular complexity index is 427. The van der Waals surface area contributed by atoms with Crippen LogP contribution in [-0.2, 0) is 4.79 Å². The maximum Gasteiger partial charge on any atom is 0.311 e. The smallest absolute Gasteiger partial charge is 0.311 e. The maximum absolute atomic E-state index is 11.7. The lowest BCUT2D eigenvalue weighted by Gasteiger charge is -2.37. The molecular weight excluding hydrogens is 220 g/mol. The van der Waals surface area contributed by atoms with Crippen molar-refractivity contribution in [2.75, 3.05) is 6.54 Å². The van der Waals surface area contributed by atoms with Crippen molar-refractivity contribution in [2.24, 2.45) is 5.41 Å². The quantitative estimate of drug-likeness (QED) is 0.816. The predicted octanol–water partition coefficient (Wildman–Crippen LogP) is 1.07. The molecular formula is C12H14N2O3. The van der Waals surface area contributed by atoms with E-state index in [2.05, 4.69) is 10.3 Å². The summed E-state index contributed by atoms with van der Waals surface area (Å²) >= 11 is 0. The SMILES string of the molecule is O=C(NCC1(C(=O)O)CCC1)c1ccccn1. The van der Waals surface area contributed by atoms with E-state index in [1.807, 2.05) is 0 Å². The number of aliphatic carboxylic acids is 1. The average molecular weight is 234 g/mol. The molecule has 90 valence electrons. The van der Waals surface area contributed by atoms with E-state index in [-0.39, 0.29) is 12.5 Å². The van der Waals surface area contributed by atoms with Crippen LogP contribution in [0.4, 0.5) is 0 Å². The number of hydrogen-bond acceptors (Lipinski definition) is 3. The molecule has 1 fully saturated rings. The Kier molecular flexibility index (Phi) is 3.08. The molecule has 1 aromatic heterocycles. The third-order valence-corrected chi connectivity index (χ3v) is 3.25. The Morgan fingerprint density at radius 1 is 1.41 bits per heavy atom. The Balaban J connectivity index is 1.95. The van der Waals surface area contributed by atoms with Crippen molar-refractivity contribution in [2.45, 2.75) is 19.3 Å². The number of rotatable bonds is 4. The lowest BCUT2D eigenvalue weighted by atomic mass is 9.69. The molecule has 0 atom stereocenters. The monoisotopic (exact) mass is 234 g/mol. The van der Waals surface area contributed by atoms with E-state index in [1.165, 1.54) is 6.20 Å². The van der Waals surface area contributed by atoms with Gasteiger partial charge in [-0.15, -0.1) is 0 Å². The summed E-state index contributed by atoms with van der Waals surface area (Å²) in [4.78, 5) is 26.7. The molecule has 5 heteroatoms. The second-order valence-electron chi connectivity index (χ2n) is 4.34. The molecule has 2 N–H and O–H groups in total. The number of carbonyl (C=O) groups excluding carboxylic acids is 1. The van der Waals surface area contributed by atoms with Gasteiger partial charge in [0.15, 0.2) is 0 Å². The Labute approximate surface area is 98.9 Å². The second kappa shape index (κ2) is 4.53. The van der Waals surface area contributed by atoms with Crippen LogP contribution >= 0.6 is 0 Å². The number of amides is 1. The number of carbonyl (C=O) groups is 2. The summed E-state index contributed by atoms with van der Waals surface area (Å²) in [6.07, 6.45) is 3.70. The summed E-state index contributed by atoms with van der Waals surface area (Å²) in [5.74, 6) is -1.15. The van der Waals surface area contributed by atoms with Crippen molar-refractivity contribution in [3.05, 3.63) is 30.1 Å². The Hall–Kier alpha value is -1.91. The first-order valence-corrected chi connectivity index (χ1v) is 5.57. The van der Waals surface area contributed by atoms with Gasteiger partial charge in [0.05, 0.1) is 5.41 Å². The molecule has 1 aliphatic carbocycles. The zero-order valence-corrected chi connectivity index (χ0v) is 9.35. The third kappa shape index (κ3) is 2.27. The predicted molar refractivity (Wildman–Crippen MR) is 60.5 cm³/mol. The molecule has 17 heavy (non-hydrogen) atoms. The minimum absolute atomic E-state index is 0.178. The highest BCUT2D eigenvalue weighted by atomic mass is 16.4. The first kappa shape index (κ1) is 11.6. The van der Waals surface area contributed by atoms with Crippen molar-refractivity contribution in [1.82, 2.24) is 10.3 Å². The molecule has 0 aliphatic heterocycles. The van der Waals surface area contributed by atoms with Gasteiger partial charge < -0.3 is 10.4 Å². The normalized spacial score (nSPS) is 16.9. The lowest BCUT2D eigenvalue weighted by Crippen LogP contribution is -2.47. The van der Waals surface area contributed by atoms with Gasteiger partial charge in [0, 0.05) is 12.7 Å². The van der Waals surface area contributed by atoms with E-state index < -0.39 is 11.4 Å². The molecule has 0 spiro atoms. The molecule has 1 aromatic rings. The van der Waals surface area contributed by atoms with Crippen LogP contribution in [0.2, 0.25) is 0 Å². The van der Waals surface area contributed by atoms with Crippen LogP contribution in [0.15, 0.2) is 24.4 Å². The molecule has 1 aliphatic rings. The van der Waals surface area contributed by atoms with Gasteiger partial charge in [0.1, 0.15) is 5.69 Å². The molecule has 0 bridgehead atoms. The molecule has 2 rings (SSSR count). The summed E-state index contributed by atoms with van der Waals surface area (Å²) in [6, 6.07) is 5.04. The molecule has 0 unspecified atom stereocenters. The summed E-state index contributed by atoms with van der Waals surface area (Å²) in [5, 5.41) is 11.7. The first-order chi connectivity index (χ1) is 8.14. The molecule has 1 heterocycles. The fraction of sp³-hybridized carbons (Fsp3) is 0.417. The van der Waals surface area contributed by atoms with Crippen LogP contribution in [0.25, 0.3) is 0 Å². The van der Waals surface area contributed by atoms with Crippen LogP contribution in [-0.4, -0.2) is 28.5 Å². The van der Waals surface area contributed by atoms with Gasteiger partial charge >= 0.3 is 5.97 Å². The van der Waals surface area contributed by atoms with Crippen molar-refractivity contribution in [1.29, 1.82) is 0 Å². The van der Waals surface area contributed by atoms with Gasteiger partial charge in [-0.2, -0.15) is 0 Å². The molecule has 0 saturated heterocycles. The highest BCUT2D eigenvalue weighted by Crippen LogP contribution is 2.40. The standard InChI is InChI=1S/C12H14N2O3/c15-10(9-4-1-2-7-13-9)14-8-12(11(16)17)5-3-6-12/h1-2,4,7H,3,5-6,8H2,(H,14,15)(H,16,17). The third-order valence-electron chi connectivity index (χ3n) is 3.25. The van der Waals surface area contributed by atoms with E-state index in [0.29, 0.717) is 18.5 Å². The van der Waals surface area contributed by atoms with Crippen molar-refractivity contribution < 1.29 is 14.7 Å². The summed E-state index contributed by atoms with van der Waals surface area (Å²) in [7, 11) is 0. The van der Waals surface area contributed by atoms with Crippen LogP contribution in [0, 0.1) is 5.41 Å². The Morgan fingerprint density at radius 3 is 2.65 bits per heavy atom. The van der Waals surface area contributed by atoms with Crippen LogP contribution < -0.4 is 5.32 Å². The highest BCUT2D eigenvalue weighted by Gasteiger charge is 2.44. The van der Waals surface area contributed by atoms with Gasteiger partial charge in [-0.1, -0.05) is 12.5 Å². The van der Waals surface area contributed by atoms with E-state index in [9.17, 15) is 9.59 Å². The molecule has 0 aromatic carbocycles. The fourth-order valence-corrected chi connectivity index (χ4v) is 1.91. The van der Waals surface area contributed by atoms with E-state index in [4.69, 9.17) is 5.11 Å². The van der Waals surface area contributed by atoms with E-state index in [0.717, 1.165) is 6.42 Å². The zero-order chi connectivity index (χ0) is 12.3. The number of carboxylic acid groups (broad SMARTS) is 1. The first-order valence-electron chi connectivity index (χ1n) is 5.57. The van der Waals surface area contributed by atoms with Crippen molar-refractivity contribution >= 4 is 11.9 Å². The van der Waals surface area contributed by atoms with Gasteiger partial charge in [0.25, 0.3) is 5.91 Å². The minimum atomic E-state index is -0.829. The van der Waals surface area contributed by atoms with Crippen LogP contribution in [0.3, 0.4) is 0 Å². The number of hydrogen-bond donors (Lipinski definition) is 2. The fourth-order valence-electron chi connectivity index (χ4n) is 1.91. The Morgan fingerprint density at radius 2 is 2.18 bits per heavy atom. The maximum atomic E-state index is 11.7. The number of aromatic nitrogens is 1. The van der Waals surface area contributed by atoms with Crippen LogP contribution in [0.1, 0.15) is 29.8 Å². The van der Waals surface area contributed by atoms with E-state index >= 15 is 0 Å². The van der Waals surface area contributed by atoms with Gasteiger partial charge in [-0.25, -0.2) is 0 Å². The number of nitrogens with zero attached hydrogens (tertiary/aromatic N) is 1. The van der Waals surface area contributed by atoms with Crippen molar-refractivity contribution in [3.63, 3.8) is 0 Å². The summed E-state index contributed by atoms with van der Waals surface area (Å²) < 4.78 is 0. The largest absolute Gasteiger partial charge is 0.481 e. The van der Waals surface area contributed by atoms with E-state index in [1.54, 1.807) is 18.2 Å². The zero-order valence-electron chi connectivity index (χ0n) is 9.35. The molecule has 1 saturated carbocycles. The summed E-state index contributed by atoms with van der Waals surface area (Å²) in [6.45, 7) is 0.178. The topological polar surface area (TPSA) is 79.3 Å². The van der Waals surface area contributed by atoms with Crippen molar-refractivity contribution in [3.8, 4) is 0 Å². The molecule has 0 radical (unpaired) electrons. The number of nitrogens with one attached hydrogen (secondary N) is 1. The van der Waals surface area contributed by atoms with Gasteiger partial charge in [0.2, 0.25) is 0 Å². The number of pyridine rings is 1. The molecule has 1 amide bonds. The highest BCUT2D eigenvalue weighted by molar-refractivity contribution is 5.92.